The second-order valence-electron chi connectivity index (χ2n) is 4.80. The fourth-order valence-corrected chi connectivity index (χ4v) is 2.33. The van der Waals surface area contributed by atoms with E-state index in [4.69, 9.17) is 13.9 Å². The van der Waals surface area contributed by atoms with Crippen LogP contribution in [0.15, 0.2) is 0 Å². The maximum Gasteiger partial charge on any atom is 0.183 e. The lowest BCUT2D eigenvalue weighted by Gasteiger charge is -2.21. The van der Waals surface area contributed by atoms with E-state index in [0.717, 1.165) is 26.2 Å². The van der Waals surface area contributed by atoms with Crippen LogP contribution in [-0.4, -0.2) is 34.4 Å². The molecule has 1 rings (SSSR count). The number of hydrogen-bond donors (Lipinski definition) is 0. The Morgan fingerprint density at radius 1 is 1.12 bits per heavy atom. The minimum absolute atomic E-state index is 0.101. The highest BCUT2D eigenvalue weighted by atomic mass is 28.4. The van der Waals surface area contributed by atoms with Gasteiger partial charge in [-0.3, -0.25) is 0 Å². The number of ether oxygens (including phenoxy) is 2. The molecular weight excluding hydrogens is 220 g/mol. The van der Waals surface area contributed by atoms with Crippen LogP contribution < -0.4 is 0 Å². The third kappa shape index (κ3) is 10.6. The molecule has 4 heteroatoms. The molecule has 0 aromatic carbocycles. The third-order valence-electron chi connectivity index (χ3n) is 2.07. The Bertz CT molecular complexity index is 148. The van der Waals surface area contributed by atoms with Gasteiger partial charge in [-0.05, 0) is 52.8 Å². The third-order valence-corrected chi connectivity index (χ3v) is 3.22. The van der Waals surface area contributed by atoms with Gasteiger partial charge in [-0.2, -0.15) is 0 Å². The summed E-state index contributed by atoms with van der Waals surface area (Å²) in [6, 6.07) is 0. The molecule has 0 aromatic heterocycles. The molecule has 0 bridgehead atoms. The Labute approximate surface area is 102 Å². The molecule has 1 fully saturated rings. The minimum atomic E-state index is -1.16. The molecule has 0 spiro atoms. The number of rotatable bonds is 4. The average molecular weight is 248 g/mol. The molecular formula is C12H28O3Si. The van der Waals surface area contributed by atoms with Gasteiger partial charge in [0.25, 0.3) is 0 Å². The van der Waals surface area contributed by atoms with Crippen LogP contribution in [0, 0.1) is 0 Å². The summed E-state index contributed by atoms with van der Waals surface area (Å²) in [5, 5.41) is 0. The van der Waals surface area contributed by atoms with Crippen molar-refractivity contribution in [3.8, 4) is 0 Å². The van der Waals surface area contributed by atoms with E-state index in [1.54, 1.807) is 0 Å². The van der Waals surface area contributed by atoms with Crippen molar-refractivity contribution in [3.63, 3.8) is 0 Å². The van der Waals surface area contributed by atoms with Gasteiger partial charge in [0.05, 0.1) is 0 Å². The Balaban J connectivity index is 0.000000293. The lowest BCUT2D eigenvalue weighted by Crippen LogP contribution is -2.24. The molecule has 0 aromatic rings. The molecule has 98 valence electrons. The first-order valence-electron chi connectivity index (χ1n) is 6.36. The van der Waals surface area contributed by atoms with Crippen LogP contribution in [0.3, 0.4) is 0 Å². The first kappa shape index (κ1) is 16.1. The van der Waals surface area contributed by atoms with Crippen molar-refractivity contribution in [1.29, 1.82) is 0 Å². The van der Waals surface area contributed by atoms with Gasteiger partial charge < -0.3 is 13.9 Å². The van der Waals surface area contributed by atoms with Crippen molar-refractivity contribution >= 4 is 8.32 Å². The SMILES string of the molecule is CCOC1CCCCO1.CCO[Si](C)(C)C. The molecule has 0 N–H and O–H groups in total. The smallest absolute Gasteiger partial charge is 0.183 e. The second-order valence-corrected chi connectivity index (χ2v) is 9.31. The molecule has 1 aliphatic heterocycles. The highest BCUT2D eigenvalue weighted by Gasteiger charge is 2.12. The van der Waals surface area contributed by atoms with E-state index in [0.29, 0.717) is 0 Å². The van der Waals surface area contributed by atoms with Crippen molar-refractivity contribution in [1.82, 2.24) is 0 Å². The summed E-state index contributed by atoms with van der Waals surface area (Å²) in [5.74, 6) is 0. The Morgan fingerprint density at radius 2 is 1.81 bits per heavy atom. The van der Waals surface area contributed by atoms with Gasteiger partial charge in [-0.15, -0.1) is 0 Å². The summed E-state index contributed by atoms with van der Waals surface area (Å²) < 4.78 is 15.9. The van der Waals surface area contributed by atoms with Gasteiger partial charge in [0.15, 0.2) is 14.6 Å². The van der Waals surface area contributed by atoms with Crippen LogP contribution in [0.2, 0.25) is 19.6 Å². The molecule has 0 aliphatic carbocycles. The first-order valence-corrected chi connectivity index (χ1v) is 9.77. The maximum atomic E-state index is 5.37. The Kier molecular flexibility index (Phi) is 9.22. The van der Waals surface area contributed by atoms with Crippen molar-refractivity contribution in [3.05, 3.63) is 0 Å². The number of hydrogen-bond acceptors (Lipinski definition) is 3. The highest BCUT2D eigenvalue weighted by Crippen LogP contribution is 2.12. The average Bonchev–Trinajstić information content (AvgIpc) is 2.19. The standard InChI is InChI=1S/C7H14O2.C5H14OSi/c1-2-8-7-5-3-4-6-9-7;1-5-6-7(2,3)4/h7H,2-6H2,1H3;5H2,1-4H3. The van der Waals surface area contributed by atoms with Gasteiger partial charge in [0.1, 0.15) is 0 Å². The Hall–Kier alpha value is 0.0969. The lowest BCUT2D eigenvalue weighted by molar-refractivity contribution is -0.159. The molecule has 1 aliphatic rings. The van der Waals surface area contributed by atoms with E-state index in [9.17, 15) is 0 Å². The van der Waals surface area contributed by atoms with E-state index in [1.807, 2.05) is 13.8 Å². The first-order chi connectivity index (χ1) is 7.49. The molecule has 16 heavy (non-hydrogen) atoms. The van der Waals surface area contributed by atoms with Gasteiger partial charge >= 0.3 is 0 Å². The fraction of sp³-hybridized carbons (Fsp3) is 1.00. The summed E-state index contributed by atoms with van der Waals surface area (Å²) >= 11 is 0. The van der Waals surface area contributed by atoms with Crippen molar-refractivity contribution in [2.75, 3.05) is 19.8 Å². The molecule has 1 saturated heterocycles. The summed E-state index contributed by atoms with van der Waals surface area (Å²) in [6.45, 7) is 13.1. The van der Waals surface area contributed by atoms with E-state index in [-0.39, 0.29) is 6.29 Å². The van der Waals surface area contributed by atoms with Gasteiger partial charge in [0, 0.05) is 19.8 Å². The second kappa shape index (κ2) is 9.16. The zero-order chi connectivity index (χ0) is 12.4. The van der Waals surface area contributed by atoms with Crippen LogP contribution in [-0.2, 0) is 13.9 Å². The topological polar surface area (TPSA) is 27.7 Å². The van der Waals surface area contributed by atoms with Crippen molar-refractivity contribution in [2.45, 2.75) is 59.0 Å². The molecule has 0 saturated carbocycles. The molecule has 0 amide bonds. The van der Waals surface area contributed by atoms with Gasteiger partial charge in [0.2, 0.25) is 0 Å². The molecule has 1 heterocycles. The van der Waals surface area contributed by atoms with E-state index >= 15 is 0 Å². The zero-order valence-corrected chi connectivity index (χ0v) is 12.5. The lowest BCUT2D eigenvalue weighted by atomic mass is 10.2. The molecule has 0 radical (unpaired) electrons. The summed E-state index contributed by atoms with van der Waals surface area (Å²) in [4.78, 5) is 0. The molecule has 1 unspecified atom stereocenters. The summed E-state index contributed by atoms with van der Waals surface area (Å²) in [6.07, 6.45) is 3.63. The fourth-order valence-electron chi connectivity index (χ4n) is 1.46. The van der Waals surface area contributed by atoms with Crippen molar-refractivity contribution < 1.29 is 13.9 Å². The molecule has 1 atom stereocenters. The van der Waals surface area contributed by atoms with Crippen LogP contribution in [0.4, 0.5) is 0 Å². The minimum Gasteiger partial charge on any atom is -0.418 e. The largest absolute Gasteiger partial charge is 0.418 e. The quantitative estimate of drug-likeness (QED) is 0.714. The normalized spacial score (nSPS) is 21.2. The predicted molar refractivity (Wildman–Crippen MR) is 70.2 cm³/mol. The van der Waals surface area contributed by atoms with E-state index in [2.05, 4.69) is 19.6 Å². The van der Waals surface area contributed by atoms with E-state index in [1.165, 1.54) is 12.8 Å². The van der Waals surface area contributed by atoms with Crippen LogP contribution >= 0.6 is 0 Å². The molecule has 3 nitrogen and oxygen atoms in total. The van der Waals surface area contributed by atoms with Crippen LogP contribution in [0.25, 0.3) is 0 Å². The van der Waals surface area contributed by atoms with Crippen LogP contribution in [0.1, 0.15) is 33.1 Å². The monoisotopic (exact) mass is 248 g/mol. The summed E-state index contributed by atoms with van der Waals surface area (Å²) in [7, 11) is -1.16. The van der Waals surface area contributed by atoms with E-state index < -0.39 is 8.32 Å². The maximum absolute atomic E-state index is 5.37. The highest BCUT2D eigenvalue weighted by molar-refractivity contribution is 6.69. The van der Waals surface area contributed by atoms with Gasteiger partial charge in [-0.1, -0.05) is 0 Å². The predicted octanol–water partition coefficient (Wildman–Crippen LogP) is 3.41. The zero-order valence-electron chi connectivity index (χ0n) is 11.5. The van der Waals surface area contributed by atoms with Gasteiger partial charge in [-0.25, -0.2) is 0 Å². The van der Waals surface area contributed by atoms with Crippen molar-refractivity contribution in [2.24, 2.45) is 0 Å². The Morgan fingerprint density at radius 3 is 2.12 bits per heavy atom. The summed E-state index contributed by atoms with van der Waals surface area (Å²) in [5.41, 5.74) is 0. The van der Waals surface area contributed by atoms with Crippen LogP contribution in [0.5, 0.6) is 0 Å².